The maximum absolute atomic E-state index is 4.14. The lowest BCUT2D eigenvalue weighted by atomic mass is 9.56. The smallest absolute Gasteiger partial charge is 0.0208 e. The summed E-state index contributed by atoms with van der Waals surface area (Å²) in [5.41, 5.74) is 11.2. The Morgan fingerprint density at radius 2 is 1.47 bits per heavy atom. The van der Waals surface area contributed by atoms with Crippen LogP contribution in [0.1, 0.15) is 58.1 Å². The van der Waals surface area contributed by atoms with Crippen LogP contribution in [0.15, 0.2) is 116 Å². The van der Waals surface area contributed by atoms with Crippen molar-refractivity contribution < 1.29 is 0 Å². The zero-order chi connectivity index (χ0) is 23.1. The van der Waals surface area contributed by atoms with E-state index in [0.29, 0.717) is 0 Å². The predicted molar refractivity (Wildman–Crippen MR) is 144 cm³/mol. The van der Waals surface area contributed by atoms with Crippen molar-refractivity contribution >= 4 is 6.08 Å². The van der Waals surface area contributed by atoms with Crippen molar-refractivity contribution in [2.75, 3.05) is 0 Å². The molecular weight excluding hydrogens is 408 g/mol. The van der Waals surface area contributed by atoms with Gasteiger partial charge in [-0.2, -0.15) is 0 Å². The van der Waals surface area contributed by atoms with Gasteiger partial charge in [-0.05, 0) is 64.3 Å². The van der Waals surface area contributed by atoms with Gasteiger partial charge in [0, 0.05) is 17.3 Å². The lowest BCUT2D eigenvalue weighted by Gasteiger charge is -2.46. The summed E-state index contributed by atoms with van der Waals surface area (Å²) in [6, 6.07) is 36.2. The molecule has 0 aromatic heterocycles. The molecule has 4 aromatic rings. The summed E-state index contributed by atoms with van der Waals surface area (Å²) >= 11 is 0. The predicted octanol–water partition coefficient (Wildman–Crippen LogP) is 8.82. The second-order valence-electron chi connectivity index (χ2n) is 9.76. The third-order valence-corrected chi connectivity index (χ3v) is 8.10. The molecule has 0 amide bonds. The number of aryl methyl sites for hydroxylation is 1. The Balaban J connectivity index is 1.70. The lowest BCUT2D eigenvalue weighted by molar-refractivity contribution is 0.321. The van der Waals surface area contributed by atoms with Gasteiger partial charge in [0.05, 0.1) is 0 Å². The van der Waals surface area contributed by atoms with Gasteiger partial charge in [0.1, 0.15) is 0 Å². The fourth-order valence-electron chi connectivity index (χ4n) is 6.76. The number of fused-ring (bicyclic) bond motifs is 4. The normalized spacial score (nSPS) is 19.2. The molecule has 0 radical (unpaired) electrons. The van der Waals surface area contributed by atoms with Gasteiger partial charge in [-0.15, -0.1) is 6.58 Å². The van der Waals surface area contributed by atoms with Crippen molar-refractivity contribution in [3.8, 4) is 11.1 Å². The zero-order valence-corrected chi connectivity index (χ0v) is 19.7. The summed E-state index contributed by atoms with van der Waals surface area (Å²) in [5, 5.41) is 0. The van der Waals surface area contributed by atoms with E-state index >= 15 is 0 Å². The number of hydrogen-bond acceptors (Lipinski definition) is 0. The molecule has 166 valence electrons. The van der Waals surface area contributed by atoms with Crippen LogP contribution in [0.5, 0.6) is 0 Å². The van der Waals surface area contributed by atoms with Crippen LogP contribution in [0.4, 0.5) is 0 Å². The topological polar surface area (TPSA) is 0 Å². The molecule has 3 atom stereocenters. The van der Waals surface area contributed by atoms with Gasteiger partial charge < -0.3 is 0 Å². The zero-order valence-electron chi connectivity index (χ0n) is 19.7. The van der Waals surface area contributed by atoms with Gasteiger partial charge in [0.2, 0.25) is 0 Å². The van der Waals surface area contributed by atoms with Gasteiger partial charge in [-0.1, -0.05) is 115 Å². The van der Waals surface area contributed by atoms with Gasteiger partial charge in [0.25, 0.3) is 0 Å². The summed E-state index contributed by atoms with van der Waals surface area (Å²) in [6.07, 6.45) is 8.92. The maximum Gasteiger partial charge on any atom is 0.0208 e. The van der Waals surface area contributed by atoms with Crippen LogP contribution >= 0.6 is 0 Å². The Labute approximate surface area is 203 Å². The molecule has 2 aliphatic carbocycles. The first-order valence-electron chi connectivity index (χ1n) is 12.4. The van der Waals surface area contributed by atoms with Crippen molar-refractivity contribution in [1.82, 2.24) is 0 Å². The van der Waals surface area contributed by atoms with Crippen LogP contribution in [0.25, 0.3) is 17.2 Å². The Morgan fingerprint density at radius 3 is 2.29 bits per heavy atom. The molecule has 3 unspecified atom stereocenters. The first-order valence-corrected chi connectivity index (χ1v) is 12.4. The van der Waals surface area contributed by atoms with Gasteiger partial charge in [-0.3, -0.25) is 0 Å². The summed E-state index contributed by atoms with van der Waals surface area (Å²) in [4.78, 5) is 0. The molecule has 6 rings (SSSR count). The third-order valence-electron chi connectivity index (χ3n) is 8.10. The molecule has 0 spiro atoms. The van der Waals surface area contributed by atoms with Gasteiger partial charge in [-0.25, -0.2) is 0 Å². The fourth-order valence-corrected chi connectivity index (χ4v) is 6.76. The third kappa shape index (κ3) is 2.98. The molecule has 4 aromatic carbocycles. The van der Waals surface area contributed by atoms with Crippen molar-refractivity contribution in [1.29, 1.82) is 0 Å². The standard InChI is InChI=1S/C34H30/c1-3-4-23-34(26-15-6-5-7-16-26,31-22-21-25-14-8-9-17-27(25)31)33-29-19-11-10-18-28(29)32-24(2)13-12-20-30(32)33/h3,5-22,31,33H,1,4,23H2,2H3. The van der Waals surface area contributed by atoms with E-state index in [1.165, 1.54) is 44.5 Å². The average Bonchev–Trinajstić information content (AvgIpc) is 3.47. The second kappa shape index (κ2) is 8.29. The van der Waals surface area contributed by atoms with Crippen molar-refractivity contribution in [2.24, 2.45) is 0 Å². The molecular formula is C34H30. The van der Waals surface area contributed by atoms with Gasteiger partial charge in [0.15, 0.2) is 0 Å². The number of benzene rings is 4. The van der Waals surface area contributed by atoms with Crippen LogP contribution in [0, 0.1) is 6.92 Å². The number of hydrogen-bond donors (Lipinski definition) is 0. The quantitative estimate of drug-likeness (QED) is 0.264. The Morgan fingerprint density at radius 1 is 0.765 bits per heavy atom. The first-order chi connectivity index (χ1) is 16.8. The van der Waals surface area contributed by atoms with Crippen LogP contribution in [0.2, 0.25) is 0 Å². The maximum atomic E-state index is 4.14. The highest BCUT2D eigenvalue weighted by Crippen LogP contribution is 2.62. The van der Waals surface area contributed by atoms with E-state index in [9.17, 15) is 0 Å². The fraction of sp³-hybridized carbons (Fsp3) is 0.176. The molecule has 0 aliphatic heterocycles. The summed E-state index contributed by atoms with van der Waals surface area (Å²) in [6.45, 7) is 6.40. The van der Waals surface area contributed by atoms with E-state index in [1.807, 2.05) is 0 Å². The van der Waals surface area contributed by atoms with Crippen LogP contribution in [-0.4, -0.2) is 0 Å². The van der Waals surface area contributed by atoms with Gasteiger partial charge >= 0.3 is 0 Å². The molecule has 0 saturated carbocycles. The minimum atomic E-state index is -0.131. The summed E-state index contributed by atoms with van der Waals surface area (Å²) < 4.78 is 0. The number of allylic oxidation sites excluding steroid dienone is 2. The van der Waals surface area contributed by atoms with E-state index in [1.54, 1.807) is 0 Å². The summed E-state index contributed by atoms with van der Waals surface area (Å²) in [5.74, 6) is 0.553. The molecule has 0 bridgehead atoms. The Bertz CT molecular complexity index is 1390. The largest absolute Gasteiger partial charge is 0.103 e. The highest BCUT2D eigenvalue weighted by atomic mass is 14.5. The van der Waals surface area contributed by atoms with Crippen molar-refractivity contribution in [2.45, 2.75) is 37.0 Å². The van der Waals surface area contributed by atoms with Crippen LogP contribution in [0.3, 0.4) is 0 Å². The molecule has 0 saturated heterocycles. The van der Waals surface area contributed by atoms with Crippen molar-refractivity contribution in [3.05, 3.63) is 149 Å². The van der Waals surface area contributed by atoms with E-state index in [2.05, 4.69) is 129 Å². The molecule has 34 heavy (non-hydrogen) atoms. The SMILES string of the molecule is C=CCCC(c1ccccc1)(C1C=Cc2ccccc21)C1c2ccccc2-c2c(C)cccc21. The van der Waals surface area contributed by atoms with E-state index in [4.69, 9.17) is 0 Å². The molecule has 0 heterocycles. The average molecular weight is 439 g/mol. The lowest BCUT2D eigenvalue weighted by Crippen LogP contribution is -2.39. The van der Waals surface area contributed by atoms with E-state index in [-0.39, 0.29) is 17.3 Å². The van der Waals surface area contributed by atoms with Crippen LogP contribution < -0.4 is 0 Å². The van der Waals surface area contributed by atoms with Crippen molar-refractivity contribution in [3.63, 3.8) is 0 Å². The minimum absolute atomic E-state index is 0.131. The van der Waals surface area contributed by atoms with Crippen LogP contribution in [-0.2, 0) is 5.41 Å². The molecule has 0 N–H and O–H groups in total. The molecule has 0 heteroatoms. The monoisotopic (exact) mass is 438 g/mol. The Kier molecular flexibility index (Phi) is 5.11. The minimum Gasteiger partial charge on any atom is -0.103 e. The van der Waals surface area contributed by atoms with E-state index < -0.39 is 0 Å². The number of rotatable bonds is 6. The summed E-state index contributed by atoms with van der Waals surface area (Å²) in [7, 11) is 0. The first kappa shape index (κ1) is 20.9. The highest BCUT2D eigenvalue weighted by Gasteiger charge is 2.51. The Hall–Kier alpha value is -3.64. The van der Waals surface area contributed by atoms with E-state index in [0.717, 1.165) is 12.8 Å². The molecule has 2 aliphatic rings. The molecule has 0 nitrogen and oxygen atoms in total. The highest BCUT2D eigenvalue weighted by molar-refractivity contribution is 5.83. The molecule has 0 fully saturated rings. The second-order valence-corrected chi connectivity index (χ2v) is 9.76.